The number of morpholine rings is 1. The van der Waals surface area contributed by atoms with Gasteiger partial charge in [0.15, 0.2) is 0 Å². The predicted octanol–water partition coefficient (Wildman–Crippen LogP) is 1.99. The topological polar surface area (TPSA) is 41.6 Å². The summed E-state index contributed by atoms with van der Waals surface area (Å²) in [5.41, 5.74) is 0.794. The van der Waals surface area contributed by atoms with E-state index in [0.29, 0.717) is 32.7 Å². The summed E-state index contributed by atoms with van der Waals surface area (Å²) in [6.07, 6.45) is 0.216. The van der Waals surface area contributed by atoms with E-state index in [4.69, 9.17) is 16.3 Å². The molecule has 110 valence electrons. The number of carbonyl (C=O) groups is 1. The number of nitrogens with one attached hydrogen (secondary N) is 1. The second kappa shape index (κ2) is 7.02. The van der Waals surface area contributed by atoms with Crippen LogP contribution in [0.3, 0.4) is 0 Å². The second-order valence-electron chi connectivity index (χ2n) is 4.73. The van der Waals surface area contributed by atoms with Crippen LogP contribution in [-0.4, -0.2) is 44.1 Å². The smallest absolute Gasteiger partial charge is 0.224 e. The molecule has 20 heavy (non-hydrogen) atoms. The summed E-state index contributed by atoms with van der Waals surface area (Å²) >= 11 is 5.78. The molecule has 0 bridgehead atoms. The van der Waals surface area contributed by atoms with Crippen LogP contribution in [0.4, 0.5) is 4.39 Å². The zero-order valence-corrected chi connectivity index (χ0v) is 12.1. The average molecular weight is 301 g/mol. The number of benzene rings is 1. The summed E-state index contributed by atoms with van der Waals surface area (Å²) in [4.78, 5) is 13.8. The van der Waals surface area contributed by atoms with Crippen molar-refractivity contribution in [3.8, 4) is 0 Å². The van der Waals surface area contributed by atoms with Crippen LogP contribution < -0.4 is 5.32 Å². The highest BCUT2D eigenvalue weighted by Gasteiger charge is 2.25. The highest BCUT2D eigenvalue weighted by molar-refractivity contribution is 6.30. The Labute approximate surface area is 122 Å². The second-order valence-corrected chi connectivity index (χ2v) is 5.13. The van der Waals surface area contributed by atoms with Gasteiger partial charge in [-0.3, -0.25) is 4.79 Å². The lowest BCUT2D eigenvalue weighted by atomic mass is 10.1. The van der Waals surface area contributed by atoms with Gasteiger partial charge in [-0.05, 0) is 24.7 Å². The van der Waals surface area contributed by atoms with E-state index in [1.54, 1.807) is 17.0 Å². The number of halogens is 2. The fourth-order valence-corrected chi connectivity index (χ4v) is 2.37. The third kappa shape index (κ3) is 3.69. The lowest BCUT2D eigenvalue weighted by Crippen LogP contribution is -2.42. The number of hydrogen-bond donors (Lipinski definition) is 1. The van der Waals surface area contributed by atoms with Crippen LogP contribution in [-0.2, 0) is 9.53 Å². The van der Waals surface area contributed by atoms with Crippen molar-refractivity contribution < 1.29 is 13.9 Å². The van der Waals surface area contributed by atoms with Crippen LogP contribution in [0.1, 0.15) is 18.1 Å². The summed E-state index contributed by atoms with van der Waals surface area (Å²) in [5, 5.41) is 3.03. The molecule has 1 unspecified atom stereocenters. The first kappa shape index (κ1) is 15.2. The molecule has 0 saturated carbocycles. The summed E-state index contributed by atoms with van der Waals surface area (Å²) < 4.78 is 18.8. The molecule has 1 aliphatic heterocycles. The molecule has 0 aliphatic carbocycles. The lowest BCUT2D eigenvalue weighted by Gasteiger charge is -2.33. The quantitative estimate of drug-likeness (QED) is 0.924. The SMILES string of the molecule is CNCCC(=O)N1CCOC(c2ccc(F)c(Cl)c2)C1. The zero-order valence-electron chi connectivity index (χ0n) is 11.4. The van der Waals surface area contributed by atoms with Crippen molar-refractivity contribution in [3.05, 3.63) is 34.6 Å². The minimum absolute atomic E-state index is 0.0738. The molecule has 1 aliphatic rings. The van der Waals surface area contributed by atoms with E-state index in [0.717, 1.165) is 5.56 Å². The molecule has 1 saturated heterocycles. The fraction of sp³-hybridized carbons (Fsp3) is 0.500. The minimum Gasteiger partial charge on any atom is -0.370 e. The minimum atomic E-state index is -0.451. The summed E-state index contributed by atoms with van der Waals surface area (Å²) in [7, 11) is 1.82. The molecular weight excluding hydrogens is 283 g/mol. The van der Waals surface area contributed by atoms with Crippen LogP contribution in [0.25, 0.3) is 0 Å². The molecule has 1 aromatic carbocycles. The Bertz CT molecular complexity index is 484. The van der Waals surface area contributed by atoms with Crippen LogP contribution >= 0.6 is 11.6 Å². The molecular formula is C14H18ClFN2O2. The predicted molar refractivity (Wildman–Crippen MR) is 75.2 cm³/mol. The van der Waals surface area contributed by atoms with Gasteiger partial charge in [-0.25, -0.2) is 4.39 Å². The molecule has 6 heteroatoms. The van der Waals surface area contributed by atoms with E-state index in [2.05, 4.69) is 5.32 Å². The number of ether oxygens (including phenoxy) is 1. The third-order valence-electron chi connectivity index (χ3n) is 3.32. The molecule has 1 fully saturated rings. The van der Waals surface area contributed by atoms with Crippen molar-refractivity contribution in [2.45, 2.75) is 12.5 Å². The largest absolute Gasteiger partial charge is 0.370 e. The van der Waals surface area contributed by atoms with E-state index < -0.39 is 5.82 Å². The van der Waals surface area contributed by atoms with Gasteiger partial charge in [-0.15, -0.1) is 0 Å². The molecule has 4 nitrogen and oxygen atoms in total. The van der Waals surface area contributed by atoms with Gasteiger partial charge < -0.3 is 15.0 Å². The van der Waals surface area contributed by atoms with Crippen molar-refractivity contribution >= 4 is 17.5 Å². The molecule has 1 N–H and O–H groups in total. The van der Waals surface area contributed by atoms with Crippen LogP contribution in [0.5, 0.6) is 0 Å². The summed E-state index contributed by atoms with van der Waals surface area (Å²) in [6.45, 7) is 2.20. The van der Waals surface area contributed by atoms with Gasteiger partial charge in [-0.1, -0.05) is 17.7 Å². The molecule has 2 rings (SSSR count). The molecule has 0 radical (unpaired) electrons. The standard InChI is InChI=1S/C14H18ClFN2O2/c1-17-5-4-14(19)18-6-7-20-13(9-18)10-2-3-12(16)11(15)8-10/h2-3,8,13,17H,4-7,9H2,1H3. The Morgan fingerprint density at radius 1 is 1.60 bits per heavy atom. The highest BCUT2D eigenvalue weighted by atomic mass is 35.5. The molecule has 1 aromatic rings. The van der Waals surface area contributed by atoms with Crippen LogP contribution in [0.15, 0.2) is 18.2 Å². The van der Waals surface area contributed by atoms with Crippen molar-refractivity contribution in [2.24, 2.45) is 0 Å². The Hall–Kier alpha value is -1.17. The Morgan fingerprint density at radius 2 is 2.40 bits per heavy atom. The number of carbonyl (C=O) groups excluding carboxylic acids is 1. The van der Waals surface area contributed by atoms with Gasteiger partial charge in [0.05, 0.1) is 18.2 Å². The maximum atomic E-state index is 13.2. The monoisotopic (exact) mass is 300 g/mol. The third-order valence-corrected chi connectivity index (χ3v) is 3.61. The average Bonchev–Trinajstić information content (AvgIpc) is 2.47. The maximum absolute atomic E-state index is 13.2. The normalized spacial score (nSPS) is 19.1. The highest BCUT2D eigenvalue weighted by Crippen LogP contribution is 2.26. The van der Waals surface area contributed by atoms with Crippen molar-refractivity contribution in [2.75, 3.05) is 33.3 Å². The molecule has 1 atom stereocenters. The number of hydrogen-bond acceptors (Lipinski definition) is 3. The van der Waals surface area contributed by atoms with Gasteiger partial charge in [-0.2, -0.15) is 0 Å². The van der Waals surface area contributed by atoms with Crippen LogP contribution in [0, 0.1) is 5.82 Å². The molecule has 0 aromatic heterocycles. The van der Waals surface area contributed by atoms with E-state index in [1.165, 1.54) is 6.07 Å². The van der Waals surface area contributed by atoms with Crippen molar-refractivity contribution in [1.82, 2.24) is 10.2 Å². The zero-order chi connectivity index (χ0) is 14.5. The van der Waals surface area contributed by atoms with Gasteiger partial charge in [0.1, 0.15) is 11.9 Å². The van der Waals surface area contributed by atoms with Crippen molar-refractivity contribution in [3.63, 3.8) is 0 Å². The first-order valence-electron chi connectivity index (χ1n) is 6.60. The molecule has 1 heterocycles. The van der Waals surface area contributed by atoms with E-state index in [1.807, 2.05) is 7.05 Å². The van der Waals surface area contributed by atoms with E-state index in [9.17, 15) is 9.18 Å². The maximum Gasteiger partial charge on any atom is 0.224 e. The van der Waals surface area contributed by atoms with Crippen LogP contribution in [0.2, 0.25) is 5.02 Å². The number of nitrogens with zero attached hydrogens (tertiary/aromatic N) is 1. The van der Waals surface area contributed by atoms with E-state index >= 15 is 0 Å². The number of amides is 1. The summed E-state index contributed by atoms with van der Waals surface area (Å²) in [5.74, 6) is -0.353. The fourth-order valence-electron chi connectivity index (χ4n) is 2.18. The molecule has 0 spiro atoms. The van der Waals surface area contributed by atoms with Gasteiger partial charge in [0, 0.05) is 19.5 Å². The Kier molecular flexibility index (Phi) is 5.34. The Morgan fingerprint density at radius 3 is 3.10 bits per heavy atom. The lowest BCUT2D eigenvalue weighted by molar-refractivity contribution is -0.138. The van der Waals surface area contributed by atoms with Gasteiger partial charge in [0.2, 0.25) is 5.91 Å². The first-order valence-corrected chi connectivity index (χ1v) is 6.98. The van der Waals surface area contributed by atoms with E-state index in [-0.39, 0.29) is 17.0 Å². The number of rotatable bonds is 4. The first-order chi connectivity index (χ1) is 9.61. The van der Waals surface area contributed by atoms with Crippen molar-refractivity contribution in [1.29, 1.82) is 0 Å². The Balaban J connectivity index is 2.02. The summed E-state index contributed by atoms with van der Waals surface area (Å²) in [6, 6.07) is 4.53. The van der Waals surface area contributed by atoms with Gasteiger partial charge >= 0.3 is 0 Å². The van der Waals surface area contributed by atoms with Gasteiger partial charge in [0.25, 0.3) is 0 Å². The molecule has 1 amide bonds.